The van der Waals surface area contributed by atoms with Gasteiger partial charge in [0.15, 0.2) is 0 Å². The molecule has 1 fully saturated rings. The first-order valence-corrected chi connectivity index (χ1v) is 8.29. The number of anilines is 1. The zero-order valence-electron chi connectivity index (χ0n) is 13.1. The Labute approximate surface area is 123 Å². The molecule has 3 nitrogen and oxygen atoms in total. The smallest absolute Gasteiger partial charge is 0.130 e. The molecule has 0 bridgehead atoms. The third kappa shape index (κ3) is 3.95. The van der Waals surface area contributed by atoms with E-state index in [9.17, 15) is 0 Å². The number of nitrogens with one attached hydrogen (secondary N) is 1. The lowest BCUT2D eigenvalue weighted by Gasteiger charge is -2.36. The average molecular weight is 275 g/mol. The molecule has 3 heteroatoms. The van der Waals surface area contributed by atoms with Gasteiger partial charge in [-0.15, -0.1) is 0 Å². The molecule has 112 valence electrons. The van der Waals surface area contributed by atoms with E-state index in [2.05, 4.69) is 41.2 Å². The number of hydrogen-bond donors (Lipinski definition) is 1. The fourth-order valence-electron chi connectivity index (χ4n) is 3.12. The van der Waals surface area contributed by atoms with Crippen molar-refractivity contribution in [3.8, 4) is 0 Å². The third-order valence-corrected chi connectivity index (χ3v) is 4.15. The van der Waals surface area contributed by atoms with E-state index in [1.807, 2.05) is 6.20 Å². The normalized spacial score (nSPS) is 20.0. The van der Waals surface area contributed by atoms with Crippen LogP contribution in [-0.2, 0) is 0 Å². The molecule has 1 aliphatic rings. The monoisotopic (exact) mass is 275 g/mol. The molecule has 20 heavy (non-hydrogen) atoms. The van der Waals surface area contributed by atoms with Gasteiger partial charge in [-0.05, 0) is 44.8 Å². The van der Waals surface area contributed by atoms with Crippen LogP contribution in [0.4, 0.5) is 5.82 Å². The van der Waals surface area contributed by atoms with Crippen molar-refractivity contribution in [1.29, 1.82) is 0 Å². The van der Waals surface area contributed by atoms with Gasteiger partial charge in [-0.25, -0.2) is 4.98 Å². The number of rotatable bonds is 7. The predicted octanol–water partition coefficient (Wildman–Crippen LogP) is 4.23. The van der Waals surface area contributed by atoms with Crippen LogP contribution in [0.25, 0.3) is 0 Å². The Morgan fingerprint density at radius 2 is 2.20 bits per heavy atom. The van der Waals surface area contributed by atoms with Crippen LogP contribution >= 0.6 is 0 Å². The number of piperidine rings is 1. The maximum absolute atomic E-state index is 4.58. The summed E-state index contributed by atoms with van der Waals surface area (Å²) in [6, 6.07) is 4.90. The lowest BCUT2D eigenvalue weighted by molar-refractivity contribution is 0.149. The number of unbranched alkanes of at least 4 members (excludes halogenated alkanes) is 1. The van der Waals surface area contributed by atoms with E-state index in [1.54, 1.807) is 0 Å². The van der Waals surface area contributed by atoms with Crippen LogP contribution in [0.2, 0.25) is 0 Å². The maximum atomic E-state index is 4.58. The summed E-state index contributed by atoms with van der Waals surface area (Å²) in [7, 11) is 0. The first-order valence-electron chi connectivity index (χ1n) is 8.29. The molecule has 1 atom stereocenters. The highest BCUT2D eigenvalue weighted by Crippen LogP contribution is 2.34. The van der Waals surface area contributed by atoms with Gasteiger partial charge >= 0.3 is 0 Å². The number of pyridine rings is 1. The fourth-order valence-corrected chi connectivity index (χ4v) is 3.12. The van der Waals surface area contributed by atoms with Crippen LogP contribution in [0.15, 0.2) is 18.3 Å². The van der Waals surface area contributed by atoms with E-state index in [4.69, 9.17) is 0 Å². The number of hydrogen-bond acceptors (Lipinski definition) is 3. The van der Waals surface area contributed by atoms with Crippen LogP contribution in [0.3, 0.4) is 0 Å². The van der Waals surface area contributed by atoms with Crippen molar-refractivity contribution >= 4 is 5.82 Å². The molecule has 1 N–H and O–H groups in total. The molecule has 1 saturated heterocycles. The topological polar surface area (TPSA) is 28.2 Å². The number of likely N-dealkylation sites (tertiary alicyclic amines) is 1. The summed E-state index contributed by atoms with van der Waals surface area (Å²) in [6.45, 7) is 7.97. The quantitative estimate of drug-likeness (QED) is 0.755. The highest BCUT2D eigenvalue weighted by molar-refractivity contribution is 5.45. The van der Waals surface area contributed by atoms with Gasteiger partial charge in [0.05, 0.1) is 0 Å². The van der Waals surface area contributed by atoms with Crippen LogP contribution in [-0.4, -0.2) is 29.5 Å². The van der Waals surface area contributed by atoms with E-state index < -0.39 is 0 Å². The maximum Gasteiger partial charge on any atom is 0.130 e. The summed E-state index contributed by atoms with van der Waals surface area (Å²) in [5, 5.41) is 3.54. The Morgan fingerprint density at radius 3 is 3.00 bits per heavy atom. The minimum Gasteiger partial charge on any atom is -0.370 e. The van der Waals surface area contributed by atoms with Crippen molar-refractivity contribution in [2.75, 3.05) is 25.0 Å². The zero-order chi connectivity index (χ0) is 14.2. The van der Waals surface area contributed by atoms with E-state index in [0.29, 0.717) is 6.04 Å². The van der Waals surface area contributed by atoms with Crippen molar-refractivity contribution in [3.05, 3.63) is 23.9 Å². The number of nitrogens with zero attached hydrogens (tertiary/aromatic N) is 2. The molecule has 1 aromatic heterocycles. The van der Waals surface area contributed by atoms with Crippen LogP contribution in [0, 0.1) is 0 Å². The Kier molecular flexibility index (Phi) is 6.31. The van der Waals surface area contributed by atoms with Crippen molar-refractivity contribution in [2.24, 2.45) is 0 Å². The molecular weight excluding hydrogens is 246 g/mol. The van der Waals surface area contributed by atoms with Gasteiger partial charge < -0.3 is 5.32 Å². The molecule has 1 unspecified atom stereocenters. The van der Waals surface area contributed by atoms with Crippen LogP contribution in [0.1, 0.15) is 64.0 Å². The molecule has 1 aliphatic heterocycles. The molecule has 0 aromatic carbocycles. The molecule has 0 spiro atoms. The minimum atomic E-state index is 0.557. The molecule has 2 heterocycles. The van der Waals surface area contributed by atoms with Crippen LogP contribution in [0.5, 0.6) is 0 Å². The van der Waals surface area contributed by atoms with Gasteiger partial charge in [-0.3, -0.25) is 4.90 Å². The van der Waals surface area contributed by atoms with Gasteiger partial charge in [0, 0.05) is 24.3 Å². The first kappa shape index (κ1) is 15.3. The molecule has 1 aromatic rings. The molecule has 2 rings (SSSR count). The Balaban J connectivity index is 2.12. The Bertz CT molecular complexity index is 390. The minimum absolute atomic E-state index is 0.557. The summed E-state index contributed by atoms with van der Waals surface area (Å²) >= 11 is 0. The zero-order valence-corrected chi connectivity index (χ0v) is 13.1. The van der Waals surface area contributed by atoms with Crippen molar-refractivity contribution < 1.29 is 0 Å². The molecule has 0 saturated carbocycles. The predicted molar refractivity (Wildman–Crippen MR) is 86.1 cm³/mol. The van der Waals surface area contributed by atoms with E-state index in [0.717, 1.165) is 12.4 Å². The van der Waals surface area contributed by atoms with Gasteiger partial charge in [-0.2, -0.15) is 0 Å². The van der Waals surface area contributed by atoms with Gasteiger partial charge in [0.2, 0.25) is 0 Å². The average Bonchev–Trinajstić information content (AvgIpc) is 2.49. The van der Waals surface area contributed by atoms with E-state index in [1.165, 1.54) is 57.2 Å². The number of aromatic nitrogens is 1. The van der Waals surface area contributed by atoms with E-state index in [-0.39, 0.29) is 0 Å². The van der Waals surface area contributed by atoms with Gasteiger partial charge in [0.1, 0.15) is 5.82 Å². The highest BCUT2D eigenvalue weighted by atomic mass is 15.2. The summed E-state index contributed by atoms with van der Waals surface area (Å²) in [4.78, 5) is 7.23. The third-order valence-electron chi connectivity index (χ3n) is 4.15. The van der Waals surface area contributed by atoms with E-state index >= 15 is 0 Å². The second-order valence-electron chi connectivity index (χ2n) is 5.77. The summed E-state index contributed by atoms with van der Waals surface area (Å²) in [6.07, 6.45) is 9.53. The lowest BCUT2D eigenvalue weighted by atomic mass is 9.95. The van der Waals surface area contributed by atoms with Crippen LogP contribution < -0.4 is 5.32 Å². The lowest BCUT2D eigenvalue weighted by Crippen LogP contribution is -2.34. The molecule has 0 amide bonds. The summed E-state index contributed by atoms with van der Waals surface area (Å²) < 4.78 is 0. The Morgan fingerprint density at radius 1 is 1.30 bits per heavy atom. The van der Waals surface area contributed by atoms with Crippen molar-refractivity contribution in [1.82, 2.24) is 9.88 Å². The molecular formula is C17H29N3. The fraction of sp³-hybridized carbons (Fsp3) is 0.706. The first-order chi connectivity index (χ1) is 9.86. The molecule has 0 aliphatic carbocycles. The van der Waals surface area contributed by atoms with Crippen molar-refractivity contribution in [2.45, 2.75) is 58.4 Å². The van der Waals surface area contributed by atoms with Gasteiger partial charge in [0.25, 0.3) is 0 Å². The largest absolute Gasteiger partial charge is 0.370 e. The highest BCUT2D eigenvalue weighted by Gasteiger charge is 2.25. The SMILES string of the molecule is CCCCNc1ncccc1C1CCCCN1CCC. The molecule has 0 radical (unpaired) electrons. The van der Waals surface area contributed by atoms with Crippen molar-refractivity contribution in [3.63, 3.8) is 0 Å². The standard InChI is InChI=1S/C17H29N3/c1-3-5-11-18-17-15(9-8-12-19-17)16-10-6-7-14-20(16)13-4-2/h8-9,12,16H,3-7,10-11,13-14H2,1-2H3,(H,18,19). The Hall–Kier alpha value is -1.09. The van der Waals surface area contributed by atoms with Gasteiger partial charge in [-0.1, -0.05) is 32.8 Å². The second-order valence-corrected chi connectivity index (χ2v) is 5.77. The summed E-state index contributed by atoms with van der Waals surface area (Å²) in [5.74, 6) is 1.11. The second kappa shape index (κ2) is 8.25. The summed E-state index contributed by atoms with van der Waals surface area (Å²) in [5.41, 5.74) is 1.40.